The Hall–Kier alpha value is -2.43. The summed E-state index contributed by atoms with van der Waals surface area (Å²) in [5.74, 6) is 0.829. The molecule has 1 amide bonds. The molecule has 2 aromatic rings. The molecule has 0 spiro atoms. The van der Waals surface area contributed by atoms with Gasteiger partial charge in [0.1, 0.15) is 0 Å². The average Bonchev–Trinajstić information content (AvgIpc) is 2.64. The Morgan fingerprint density at radius 3 is 2.46 bits per heavy atom. The molecule has 0 saturated heterocycles. The Bertz CT molecular complexity index is 749. The van der Waals surface area contributed by atoms with E-state index < -0.39 is 0 Å². The zero-order valence-electron chi connectivity index (χ0n) is 15.9. The Kier molecular flexibility index (Phi) is 5.86. The summed E-state index contributed by atoms with van der Waals surface area (Å²) >= 11 is 0. The summed E-state index contributed by atoms with van der Waals surface area (Å²) in [4.78, 5) is 21.1. The molecular formula is C21H28N4O. The zero-order valence-corrected chi connectivity index (χ0v) is 15.9. The monoisotopic (exact) mass is 352 g/mol. The molecule has 5 heteroatoms. The minimum Gasteiger partial charge on any atom is -0.349 e. The zero-order chi connectivity index (χ0) is 18.5. The topological polar surface area (TPSA) is 66.9 Å². The fraction of sp³-hybridized carbons (Fsp3) is 0.476. The third kappa shape index (κ3) is 4.40. The highest BCUT2D eigenvalue weighted by Crippen LogP contribution is 2.29. The maximum atomic E-state index is 12.4. The van der Waals surface area contributed by atoms with Crippen LogP contribution in [0.15, 0.2) is 30.6 Å². The summed E-state index contributed by atoms with van der Waals surface area (Å²) < 4.78 is 0. The van der Waals surface area contributed by atoms with Crippen LogP contribution in [0.5, 0.6) is 0 Å². The van der Waals surface area contributed by atoms with Gasteiger partial charge in [-0.15, -0.1) is 0 Å². The number of hydrogen-bond acceptors (Lipinski definition) is 4. The van der Waals surface area contributed by atoms with Crippen molar-refractivity contribution in [3.63, 3.8) is 0 Å². The molecular weight excluding hydrogens is 324 g/mol. The van der Waals surface area contributed by atoms with E-state index in [2.05, 4.69) is 59.6 Å². The van der Waals surface area contributed by atoms with E-state index in [0.29, 0.717) is 17.4 Å². The summed E-state index contributed by atoms with van der Waals surface area (Å²) in [5.41, 5.74) is 3.93. The molecule has 5 nitrogen and oxygen atoms in total. The van der Waals surface area contributed by atoms with Crippen molar-refractivity contribution >= 4 is 17.5 Å². The fourth-order valence-corrected chi connectivity index (χ4v) is 3.48. The van der Waals surface area contributed by atoms with E-state index in [-0.39, 0.29) is 11.9 Å². The van der Waals surface area contributed by atoms with Gasteiger partial charge in [-0.2, -0.15) is 0 Å². The van der Waals surface area contributed by atoms with Gasteiger partial charge in [0.2, 0.25) is 5.95 Å². The van der Waals surface area contributed by atoms with Crippen molar-refractivity contribution in [3.05, 3.63) is 47.3 Å². The lowest BCUT2D eigenvalue weighted by molar-refractivity contribution is 0.0927. The van der Waals surface area contributed by atoms with E-state index in [1.807, 2.05) is 0 Å². The Balaban J connectivity index is 1.69. The lowest BCUT2D eigenvalue weighted by Crippen LogP contribution is -2.36. The van der Waals surface area contributed by atoms with E-state index in [0.717, 1.165) is 24.1 Å². The Labute approximate surface area is 155 Å². The first-order chi connectivity index (χ1) is 12.5. The third-order valence-electron chi connectivity index (χ3n) is 5.02. The second kappa shape index (κ2) is 8.30. The van der Waals surface area contributed by atoms with Gasteiger partial charge in [0.15, 0.2) is 0 Å². The highest BCUT2D eigenvalue weighted by atomic mass is 16.1. The number of benzene rings is 1. The van der Waals surface area contributed by atoms with Crippen LogP contribution in [0.2, 0.25) is 0 Å². The Morgan fingerprint density at radius 1 is 1.12 bits per heavy atom. The lowest BCUT2D eigenvalue weighted by Gasteiger charge is -2.22. The second-order valence-corrected chi connectivity index (χ2v) is 7.42. The molecule has 0 unspecified atom stereocenters. The van der Waals surface area contributed by atoms with Gasteiger partial charge in [-0.1, -0.05) is 51.3 Å². The molecule has 1 aromatic carbocycles. The largest absolute Gasteiger partial charge is 0.349 e. The number of carbonyl (C=O) groups excluding carboxylic acids is 1. The number of carbonyl (C=O) groups is 1. The summed E-state index contributed by atoms with van der Waals surface area (Å²) in [6.07, 6.45) is 8.99. The number of aromatic nitrogens is 2. The smallest absolute Gasteiger partial charge is 0.254 e. The molecule has 0 bridgehead atoms. The second-order valence-electron chi connectivity index (χ2n) is 7.42. The van der Waals surface area contributed by atoms with Crippen LogP contribution in [0.1, 0.15) is 73.4 Å². The van der Waals surface area contributed by atoms with Crippen LogP contribution in [0.25, 0.3) is 0 Å². The minimum atomic E-state index is -0.0813. The number of amides is 1. The molecule has 2 N–H and O–H groups in total. The third-order valence-corrected chi connectivity index (χ3v) is 5.02. The SMILES string of the molecule is Cc1cccc(C(C)C)c1Nc1ncc(C(=O)NC2CCCCC2)cn1. The summed E-state index contributed by atoms with van der Waals surface area (Å²) in [6, 6.07) is 6.54. The van der Waals surface area contributed by atoms with Gasteiger partial charge in [0, 0.05) is 24.1 Å². The number of rotatable bonds is 5. The fourth-order valence-electron chi connectivity index (χ4n) is 3.48. The average molecular weight is 352 g/mol. The molecule has 1 fully saturated rings. The first-order valence-corrected chi connectivity index (χ1v) is 9.54. The Morgan fingerprint density at radius 2 is 1.81 bits per heavy atom. The van der Waals surface area contributed by atoms with Crippen LogP contribution < -0.4 is 10.6 Å². The van der Waals surface area contributed by atoms with Gasteiger partial charge in [-0.05, 0) is 36.8 Å². The summed E-state index contributed by atoms with van der Waals surface area (Å²) in [6.45, 7) is 6.40. The highest BCUT2D eigenvalue weighted by molar-refractivity contribution is 5.93. The van der Waals surface area contributed by atoms with Crippen molar-refractivity contribution in [2.24, 2.45) is 0 Å². The first-order valence-electron chi connectivity index (χ1n) is 9.54. The lowest BCUT2D eigenvalue weighted by atomic mass is 9.95. The number of aryl methyl sites for hydroxylation is 1. The van der Waals surface area contributed by atoms with Crippen molar-refractivity contribution < 1.29 is 4.79 Å². The number of para-hydroxylation sites is 1. The molecule has 3 rings (SSSR count). The summed E-state index contributed by atoms with van der Waals surface area (Å²) in [5, 5.41) is 6.41. The van der Waals surface area contributed by atoms with Crippen LogP contribution in [0.3, 0.4) is 0 Å². The molecule has 1 aliphatic carbocycles. The molecule has 1 aliphatic rings. The molecule has 1 saturated carbocycles. The normalized spacial score (nSPS) is 15.1. The molecule has 26 heavy (non-hydrogen) atoms. The van der Waals surface area contributed by atoms with Gasteiger partial charge in [0.05, 0.1) is 5.56 Å². The van der Waals surface area contributed by atoms with Crippen LogP contribution in [0, 0.1) is 6.92 Å². The molecule has 138 valence electrons. The molecule has 0 aliphatic heterocycles. The number of hydrogen-bond donors (Lipinski definition) is 2. The van der Waals surface area contributed by atoms with Gasteiger partial charge in [-0.3, -0.25) is 4.79 Å². The molecule has 0 atom stereocenters. The summed E-state index contributed by atoms with van der Waals surface area (Å²) in [7, 11) is 0. The number of nitrogens with zero attached hydrogens (tertiary/aromatic N) is 2. The van der Waals surface area contributed by atoms with Gasteiger partial charge < -0.3 is 10.6 Å². The van der Waals surface area contributed by atoms with Crippen LogP contribution in [-0.2, 0) is 0 Å². The van der Waals surface area contributed by atoms with Crippen molar-refractivity contribution in [1.82, 2.24) is 15.3 Å². The maximum absolute atomic E-state index is 12.4. The van der Waals surface area contributed by atoms with E-state index in [4.69, 9.17) is 0 Å². The minimum absolute atomic E-state index is 0.0813. The standard InChI is InChI=1S/C21H28N4O/c1-14(2)18-11-7-8-15(3)19(18)25-21-22-12-16(13-23-21)20(26)24-17-9-5-4-6-10-17/h7-8,11-14,17H,4-6,9-10H2,1-3H3,(H,24,26)(H,22,23,25). The van der Waals surface area contributed by atoms with E-state index in [9.17, 15) is 4.79 Å². The van der Waals surface area contributed by atoms with E-state index in [1.165, 1.54) is 24.8 Å². The molecule has 1 aromatic heterocycles. The molecule has 1 heterocycles. The van der Waals surface area contributed by atoms with Crippen LogP contribution in [-0.4, -0.2) is 21.9 Å². The van der Waals surface area contributed by atoms with Crippen molar-refractivity contribution in [2.45, 2.75) is 64.8 Å². The number of nitrogens with one attached hydrogen (secondary N) is 2. The maximum Gasteiger partial charge on any atom is 0.254 e. The van der Waals surface area contributed by atoms with Crippen LogP contribution >= 0.6 is 0 Å². The van der Waals surface area contributed by atoms with E-state index >= 15 is 0 Å². The van der Waals surface area contributed by atoms with E-state index in [1.54, 1.807) is 12.4 Å². The molecule has 0 radical (unpaired) electrons. The van der Waals surface area contributed by atoms with Crippen molar-refractivity contribution in [1.29, 1.82) is 0 Å². The predicted molar refractivity (Wildman–Crippen MR) is 105 cm³/mol. The van der Waals surface area contributed by atoms with Crippen LogP contribution in [0.4, 0.5) is 11.6 Å². The van der Waals surface area contributed by atoms with Gasteiger partial charge in [0.25, 0.3) is 5.91 Å². The quantitative estimate of drug-likeness (QED) is 0.817. The highest BCUT2D eigenvalue weighted by Gasteiger charge is 2.17. The van der Waals surface area contributed by atoms with Crippen molar-refractivity contribution in [3.8, 4) is 0 Å². The number of anilines is 2. The van der Waals surface area contributed by atoms with Crippen molar-refractivity contribution in [2.75, 3.05) is 5.32 Å². The predicted octanol–water partition coefficient (Wildman–Crippen LogP) is 4.71. The van der Waals surface area contributed by atoms with Gasteiger partial charge in [-0.25, -0.2) is 9.97 Å². The first kappa shape index (κ1) is 18.4. The van der Waals surface area contributed by atoms with Gasteiger partial charge >= 0.3 is 0 Å².